The molecule has 13 heavy (non-hydrogen) atoms. The summed E-state index contributed by atoms with van der Waals surface area (Å²) in [4.78, 5) is 4.25. The molecule has 3 nitrogen and oxygen atoms in total. The lowest BCUT2D eigenvalue weighted by Gasteiger charge is -1.86. The van der Waals surface area contributed by atoms with Gasteiger partial charge in [-0.25, -0.2) is 4.98 Å². The van der Waals surface area contributed by atoms with Crippen LogP contribution in [0, 0.1) is 6.92 Å². The van der Waals surface area contributed by atoms with Crippen LogP contribution in [0.4, 0.5) is 0 Å². The van der Waals surface area contributed by atoms with E-state index in [2.05, 4.69) is 31.1 Å². The first-order chi connectivity index (χ1) is 6.24. The maximum atomic E-state index is 4.25. The first-order valence-electron chi connectivity index (χ1n) is 3.33. The molecule has 2 rings (SSSR count). The number of nitrogens with zero attached hydrogens (tertiary/aromatic N) is 3. The lowest BCUT2D eigenvalue weighted by molar-refractivity contribution is 0.983. The summed E-state index contributed by atoms with van der Waals surface area (Å²) >= 11 is 8.04. The molecule has 2 aromatic rings. The third kappa shape index (κ3) is 2.49. The molecule has 0 amide bonds. The Morgan fingerprint density at radius 3 is 2.77 bits per heavy atom. The molecule has 0 fully saturated rings. The first kappa shape index (κ1) is 9.57. The van der Waals surface area contributed by atoms with Crippen molar-refractivity contribution in [3.63, 3.8) is 0 Å². The van der Waals surface area contributed by atoms with E-state index in [9.17, 15) is 0 Å². The SMILES string of the molecule is Cc1nnc(Sc2nc(Br)cs2)s1. The van der Waals surface area contributed by atoms with Gasteiger partial charge in [-0.15, -0.1) is 21.5 Å². The van der Waals surface area contributed by atoms with Crippen LogP contribution in [0.2, 0.25) is 0 Å². The van der Waals surface area contributed by atoms with E-state index in [4.69, 9.17) is 0 Å². The van der Waals surface area contributed by atoms with E-state index in [1.807, 2.05) is 12.3 Å². The van der Waals surface area contributed by atoms with Crippen LogP contribution >= 0.6 is 50.4 Å². The number of aromatic nitrogens is 3. The van der Waals surface area contributed by atoms with Crippen LogP contribution in [0.15, 0.2) is 18.7 Å². The van der Waals surface area contributed by atoms with Gasteiger partial charge in [-0.1, -0.05) is 11.3 Å². The molecule has 2 aromatic heterocycles. The summed E-state index contributed by atoms with van der Waals surface area (Å²) in [7, 11) is 0. The molecular formula is C6H4BrN3S3. The average molecular weight is 294 g/mol. The fourth-order valence-electron chi connectivity index (χ4n) is 0.680. The molecule has 7 heteroatoms. The standard InChI is InChI=1S/C6H4BrN3S3/c1-3-9-10-6(12-3)13-5-8-4(7)2-11-5/h2H,1H3. The molecule has 0 atom stereocenters. The molecular weight excluding hydrogens is 290 g/mol. The van der Waals surface area contributed by atoms with Crippen molar-refractivity contribution in [1.29, 1.82) is 0 Å². The molecule has 0 bridgehead atoms. The first-order valence-corrected chi connectivity index (χ1v) is 6.63. The number of halogens is 1. The van der Waals surface area contributed by atoms with E-state index < -0.39 is 0 Å². The van der Waals surface area contributed by atoms with Gasteiger partial charge in [0.25, 0.3) is 0 Å². The van der Waals surface area contributed by atoms with Crippen LogP contribution in [0.1, 0.15) is 5.01 Å². The van der Waals surface area contributed by atoms with Crippen LogP contribution in [-0.4, -0.2) is 15.2 Å². The fraction of sp³-hybridized carbons (Fsp3) is 0.167. The van der Waals surface area contributed by atoms with Crippen LogP contribution in [-0.2, 0) is 0 Å². The Bertz CT molecular complexity index is 372. The highest BCUT2D eigenvalue weighted by Gasteiger charge is 2.06. The van der Waals surface area contributed by atoms with E-state index in [0.717, 1.165) is 18.3 Å². The minimum Gasteiger partial charge on any atom is -0.222 e. The van der Waals surface area contributed by atoms with E-state index in [0.29, 0.717) is 0 Å². The smallest absolute Gasteiger partial charge is 0.181 e. The zero-order valence-corrected chi connectivity index (χ0v) is 10.6. The van der Waals surface area contributed by atoms with Gasteiger partial charge in [-0.2, -0.15) is 0 Å². The maximum Gasteiger partial charge on any atom is 0.181 e. The summed E-state index contributed by atoms with van der Waals surface area (Å²) in [6.07, 6.45) is 0. The van der Waals surface area contributed by atoms with E-state index in [-0.39, 0.29) is 0 Å². The second kappa shape index (κ2) is 4.04. The predicted octanol–water partition coefficient (Wildman–Crippen LogP) is 3.22. The maximum absolute atomic E-state index is 4.25. The largest absolute Gasteiger partial charge is 0.222 e. The van der Waals surface area contributed by atoms with Gasteiger partial charge in [0.15, 0.2) is 8.68 Å². The van der Waals surface area contributed by atoms with Crippen LogP contribution in [0.3, 0.4) is 0 Å². The molecule has 0 aliphatic rings. The molecule has 0 aliphatic carbocycles. The van der Waals surface area contributed by atoms with E-state index in [1.165, 1.54) is 0 Å². The molecule has 0 N–H and O–H groups in total. The van der Waals surface area contributed by atoms with Crippen LogP contribution in [0.5, 0.6) is 0 Å². The monoisotopic (exact) mass is 293 g/mol. The summed E-state index contributed by atoms with van der Waals surface area (Å²) in [5.74, 6) is 0. The molecule has 2 heterocycles. The third-order valence-electron chi connectivity index (χ3n) is 1.14. The van der Waals surface area contributed by atoms with Gasteiger partial charge in [0.2, 0.25) is 0 Å². The lowest BCUT2D eigenvalue weighted by atomic mass is 10.9. The van der Waals surface area contributed by atoms with Gasteiger partial charge in [0.05, 0.1) is 0 Å². The molecule has 0 spiro atoms. The van der Waals surface area contributed by atoms with Gasteiger partial charge in [0, 0.05) is 5.38 Å². The number of hydrogen-bond donors (Lipinski definition) is 0. The number of thiazole rings is 1. The average Bonchev–Trinajstić information content (AvgIpc) is 2.62. The normalized spacial score (nSPS) is 10.6. The van der Waals surface area contributed by atoms with E-state index in [1.54, 1.807) is 34.4 Å². The molecule has 0 saturated heterocycles. The van der Waals surface area contributed by atoms with E-state index >= 15 is 0 Å². The Morgan fingerprint density at radius 2 is 2.23 bits per heavy atom. The highest BCUT2D eigenvalue weighted by molar-refractivity contribution is 9.10. The highest BCUT2D eigenvalue weighted by Crippen LogP contribution is 2.32. The molecule has 0 saturated carbocycles. The van der Waals surface area contributed by atoms with Crippen LogP contribution < -0.4 is 0 Å². The van der Waals surface area contributed by atoms with Crippen molar-refractivity contribution in [2.45, 2.75) is 15.6 Å². The van der Waals surface area contributed by atoms with Crippen molar-refractivity contribution in [2.24, 2.45) is 0 Å². The van der Waals surface area contributed by atoms with Gasteiger partial charge in [-0.3, -0.25) is 0 Å². The van der Waals surface area contributed by atoms with Crippen molar-refractivity contribution < 1.29 is 0 Å². The predicted molar refractivity (Wildman–Crippen MR) is 58.6 cm³/mol. The Kier molecular flexibility index (Phi) is 2.97. The van der Waals surface area contributed by atoms with Crippen molar-refractivity contribution in [3.05, 3.63) is 15.0 Å². The van der Waals surface area contributed by atoms with Crippen molar-refractivity contribution >= 4 is 50.4 Å². The second-order valence-electron chi connectivity index (χ2n) is 2.13. The molecule has 0 radical (unpaired) electrons. The van der Waals surface area contributed by atoms with Crippen LogP contribution in [0.25, 0.3) is 0 Å². The third-order valence-corrected chi connectivity index (χ3v) is 4.67. The Morgan fingerprint density at radius 1 is 1.38 bits per heavy atom. The number of hydrogen-bond acceptors (Lipinski definition) is 6. The summed E-state index contributed by atoms with van der Waals surface area (Å²) in [6, 6.07) is 0. The summed E-state index contributed by atoms with van der Waals surface area (Å²) in [5.41, 5.74) is 0. The topological polar surface area (TPSA) is 38.7 Å². The Hall–Kier alpha value is 0.0200. The lowest BCUT2D eigenvalue weighted by Crippen LogP contribution is -1.71. The van der Waals surface area contributed by atoms with Crippen molar-refractivity contribution in [1.82, 2.24) is 15.2 Å². The Labute approximate surface area is 95.8 Å². The molecule has 0 aliphatic heterocycles. The minimum atomic E-state index is 0.876. The van der Waals surface area contributed by atoms with Gasteiger partial charge in [0.1, 0.15) is 9.61 Å². The summed E-state index contributed by atoms with van der Waals surface area (Å²) in [6.45, 7) is 1.94. The number of aryl methyl sites for hydroxylation is 1. The van der Waals surface area contributed by atoms with Gasteiger partial charge >= 0.3 is 0 Å². The fourth-order valence-corrected chi connectivity index (χ4v) is 4.06. The molecule has 0 aromatic carbocycles. The van der Waals surface area contributed by atoms with Crippen molar-refractivity contribution in [2.75, 3.05) is 0 Å². The van der Waals surface area contributed by atoms with Gasteiger partial charge < -0.3 is 0 Å². The number of rotatable bonds is 2. The van der Waals surface area contributed by atoms with Crippen molar-refractivity contribution in [3.8, 4) is 0 Å². The summed E-state index contributed by atoms with van der Waals surface area (Å²) in [5, 5.41) is 10.9. The zero-order chi connectivity index (χ0) is 9.26. The second-order valence-corrected chi connectivity index (χ2v) is 6.47. The minimum absolute atomic E-state index is 0.876. The Balaban J connectivity index is 2.14. The van der Waals surface area contributed by atoms with Gasteiger partial charge in [-0.05, 0) is 34.6 Å². The molecule has 0 unspecified atom stereocenters. The molecule has 68 valence electrons. The summed E-state index contributed by atoms with van der Waals surface area (Å²) < 4.78 is 2.81. The quantitative estimate of drug-likeness (QED) is 0.852. The zero-order valence-electron chi connectivity index (χ0n) is 6.52. The highest BCUT2D eigenvalue weighted by atomic mass is 79.9.